The lowest BCUT2D eigenvalue weighted by Gasteiger charge is -2.38. The Morgan fingerprint density at radius 1 is 1.25 bits per heavy atom. The fourth-order valence-electron chi connectivity index (χ4n) is 2.86. The molecule has 0 spiro atoms. The SMILES string of the molecule is Cc1nc(C(=O)N2[C@H](C)CCC[C@@H]2C)ccc1C(=O)O. The summed E-state index contributed by atoms with van der Waals surface area (Å²) in [6.07, 6.45) is 3.14. The van der Waals surface area contributed by atoms with Crippen LogP contribution in [0.5, 0.6) is 0 Å². The summed E-state index contributed by atoms with van der Waals surface area (Å²) in [6, 6.07) is 3.37. The summed E-state index contributed by atoms with van der Waals surface area (Å²) in [5.74, 6) is -1.13. The van der Waals surface area contributed by atoms with Gasteiger partial charge in [-0.05, 0) is 52.2 Å². The maximum absolute atomic E-state index is 12.6. The molecule has 0 aromatic carbocycles. The second-order valence-corrected chi connectivity index (χ2v) is 5.48. The van der Waals surface area contributed by atoms with E-state index in [1.54, 1.807) is 6.92 Å². The van der Waals surface area contributed by atoms with Crippen LogP contribution in [0.15, 0.2) is 12.1 Å². The number of aromatic carboxylic acids is 1. The van der Waals surface area contributed by atoms with E-state index in [1.165, 1.54) is 12.1 Å². The van der Waals surface area contributed by atoms with E-state index >= 15 is 0 Å². The van der Waals surface area contributed by atoms with Crippen LogP contribution < -0.4 is 0 Å². The van der Waals surface area contributed by atoms with Crippen LogP contribution >= 0.6 is 0 Å². The molecule has 1 aliphatic heterocycles. The molecule has 5 heteroatoms. The number of carboxylic acids is 1. The first-order valence-electron chi connectivity index (χ1n) is 6.95. The average Bonchev–Trinajstić information content (AvgIpc) is 2.37. The largest absolute Gasteiger partial charge is 0.478 e. The summed E-state index contributed by atoms with van der Waals surface area (Å²) in [6.45, 7) is 5.71. The van der Waals surface area contributed by atoms with E-state index in [9.17, 15) is 9.59 Å². The van der Waals surface area contributed by atoms with E-state index in [1.807, 2.05) is 18.7 Å². The van der Waals surface area contributed by atoms with Gasteiger partial charge in [0.05, 0.1) is 11.3 Å². The van der Waals surface area contributed by atoms with Crippen molar-refractivity contribution in [2.45, 2.75) is 52.1 Å². The van der Waals surface area contributed by atoms with Gasteiger partial charge in [0.1, 0.15) is 5.69 Å². The number of hydrogen-bond acceptors (Lipinski definition) is 3. The molecule has 1 aliphatic rings. The molecule has 0 unspecified atom stereocenters. The van der Waals surface area contributed by atoms with Gasteiger partial charge in [0.25, 0.3) is 5.91 Å². The van der Waals surface area contributed by atoms with Gasteiger partial charge < -0.3 is 10.0 Å². The predicted molar refractivity (Wildman–Crippen MR) is 74.9 cm³/mol. The fraction of sp³-hybridized carbons (Fsp3) is 0.533. The summed E-state index contributed by atoms with van der Waals surface area (Å²) in [5, 5.41) is 8.99. The second-order valence-electron chi connectivity index (χ2n) is 5.48. The van der Waals surface area contributed by atoms with Crippen molar-refractivity contribution in [2.24, 2.45) is 0 Å². The number of piperidine rings is 1. The number of hydrogen-bond donors (Lipinski definition) is 1. The highest BCUT2D eigenvalue weighted by molar-refractivity contribution is 5.94. The molecule has 1 N–H and O–H groups in total. The summed E-state index contributed by atoms with van der Waals surface area (Å²) >= 11 is 0. The third-order valence-corrected chi connectivity index (χ3v) is 3.96. The van der Waals surface area contributed by atoms with Crippen molar-refractivity contribution in [1.29, 1.82) is 0 Å². The van der Waals surface area contributed by atoms with E-state index < -0.39 is 5.97 Å². The van der Waals surface area contributed by atoms with Gasteiger partial charge in [0.2, 0.25) is 0 Å². The zero-order valence-electron chi connectivity index (χ0n) is 12.1. The quantitative estimate of drug-likeness (QED) is 0.901. The number of carbonyl (C=O) groups excluding carboxylic acids is 1. The molecule has 1 amide bonds. The maximum Gasteiger partial charge on any atom is 0.337 e. The van der Waals surface area contributed by atoms with Crippen LogP contribution in [-0.2, 0) is 0 Å². The molecule has 1 saturated heterocycles. The van der Waals surface area contributed by atoms with E-state index in [0.717, 1.165) is 19.3 Å². The van der Waals surface area contributed by atoms with Crippen molar-refractivity contribution in [2.75, 3.05) is 0 Å². The minimum absolute atomic E-state index is 0.107. The van der Waals surface area contributed by atoms with Crippen LogP contribution in [0.25, 0.3) is 0 Å². The molecule has 0 bridgehead atoms. The molecule has 20 heavy (non-hydrogen) atoms. The molecule has 2 heterocycles. The summed E-state index contributed by atoms with van der Waals surface area (Å²) in [7, 11) is 0. The Labute approximate surface area is 118 Å². The first-order chi connectivity index (χ1) is 9.41. The van der Waals surface area contributed by atoms with E-state index in [0.29, 0.717) is 11.4 Å². The van der Waals surface area contributed by atoms with E-state index in [4.69, 9.17) is 5.11 Å². The van der Waals surface area contributed by atoms with Crippen molar-refractivity contribution in [3.8, 4) is 0 Å². The lowest BCUT2D eigenvalue weighted by Crippen LogP contribution is -2.47. The Balaban J connectivity index is 2.29. The molecule has 2 atom stereocenters. The van der Waals surface area contributed by atoms with Crippen molar-refractivity contribution in [3.05, 3.63) is 29.1 Å². The third-order valence-electron chi connectivity index (χ3n) is 3.96. The average molecular weight is 276 g/mol. The number of carbonyl (C=O) groups is 2. The number of aromatic nitrogens is 1. The van der Waals surface area contributed by atoms with Gasteiger partial charge in [-0.2, -0.15) is 0 Å². The molecular formula is C15H20N2O3. The van der Waals surface area contributed by atoms with Crippen molar-refractivity contribution in [1.82, 2.24) is 9.88 Å². The maximum atomic E-state index is 12.6. The molecule has 0 radical (unpaired) electrons. The number of amides is 1. The monoisotopic (exact) mass is 276 g/mol. The summed E-state index contributed by atoms with van der Waals surface area (Å²) < 4.78 is 0. The zero-order valence-corrected chi connectivity index (χ0v) is 12.1. The highest BCUT2D eigenvalue weighted by atomic mass is 16.4. The van der Waals surface area contributed by atoms with Crippen LogP contribution in [0.1, 0.15) is 59.7 Å². The first-order valence-corrected chi connectivity index (χ1v) is 6.95. The number of likely N-dealkylation sites (tertiary alicyclic amines) is 1. The number of aryl methyl sites for hydroxylation is 1. The predicted octanol–water partition coefficient (Wildman–Crippen LogP) is 2.49. The molecule has 1 aromatic rings. The molecule has 0 aliphatic carbocycles. The summed E-state index contributed by atoms with van der Waals surface area (Å²) in [4.78, 5) is 29.6. The Morgan fingerprint density at radius 2 is 1.85 bits per heavy atom. The van der Waals surface area contributed by atoms with Crippen LogP contribution in [0, 0.1) is 6.92 Å². The number of rotatable bonds is 2. The van der Waals surface area contributed by atoms with Crippen LogP contribution in [0.2, 0.25) is 0 Å². The van der Waals surface area contributed by atoms with Crippen LogP contribution in [-0.4, -0.2) is 39.0 Å². The van der Waals surface area contributed by atoms with E-state index in [-0.39, 0.29) is 23.6 Å². The Bertz CT molecular complexity index is 532. The van der Waals surface area contributed by atoms with Gasteiger partial charge in [-0.25, -0.2) is 9.78 Å². The molecule has 108 valence electrons. The molecule has 1 aromatic heterocycles. The topological polar surface area (TPSA) is 70.5 Å². The lowest BCUT2D eigenvalue weighted by atomic mass is 9.97. The highest BCUT2D eigenvalue weighted by Gasteiger charge is 2.30. The molecule has 0 saturated carbocycles. The minimum Gasteiger partial charge on any atom is -0.478 e. The van der Waals surface area contributed by atoms with Gasteiger partial charge in [-0.3, -0.25) is 4.79 Å². The zero-order chi connectivity index (χ0) is 14.9. The van der Waals surface area contributed by atoms with Crippen molar-refractivity contribution in [3.63, 3.8) is 0 Å². The number of pyridine rings is 1. The minimum atomic E-state index is -1.02. The summed E-state index contributed by atoms with van der Waals surface area (Å²) in [5.41, 5.74) is 0.843. The molecule has 2 rings (SSSR count). The van der Waals surface area contributed by atoms with Crippen LogP contribution in [0.3, 0.4) is 0 Å². The molecule has 1 fully saturated rings. The normalized spacial score (nSPS) is 22.6. The Morgan fingerprint density at radius 3 is 2.35 bits per heavy atom. The Hall–Kier alpha value is -1.91. The molecule has 5 nitrogen and oxygen atoms in total. The molecular weight excluding hydrogens is 256 g/mol. The van der Waals surface area contributed by atoms with Gasteiger partial charge in [-0.1, -0.05) is 0 Å². The van der Waals surface area contributed by atoms with Gasteiger partial charge in [0, 0.05) is 12.1 Å². The third kappa shape index (κ3) is 2.66. The number of carboxylic acid groups (broad SMARTS) is 1. The van der Waals surface area contributed by atoms with Gasteiger partial charge in [0.15, 0.2) is 0 Å². The number of nitrogens with zero attached hydrogens (tertiary/aromatic N) is 2. The van der Waals surface area contributed by atoms with Crippen LogP contribution in [0.4, 0.5) is 0 Å². The Kier molecular flexibility index (Phi) is 4.06. The fourth-order valence-corrected chi connectivity index (χ4v) is 2.86. The standard InChI is InChI=1S/C15H20N2O3/c1-9-5-4-6-10(2)17(9)14(18)13-8-7-12(15(19)20)11(3)16-13/h7-10H,4-6H2,1-3H3,(H,19,20)/t9-,10+. The van der Waals surface area contributed by atoms with Gasteiger partial charge in [-0.15, -0.1) is 0 Å². The van der Waals surface area contributed by atoms with E-state index in [2.05, 4.69) is 4.98 Å². The van der Waals surface area contributed by atoms with Crippen molar-refractivity contribution >= 4 is 11.9 Å². The van der Waals surface area contributed by atoms with Crippen molar-refractivity contribution < 1.29 is 14.7 Å². The van der Waals surface area contributed by atoms with Gasteiger partial charge >= 0.3 is 5.97 Å². The first kappa shape index (κ1) is 14.5. The second kappa shape index (κ2) is 5.61. The highest BCUT2D eigenvalue weighted by Crippen LogP contribution is 2.24. The lowest BCUT2D eigenvalue weighted by molar-refractivity contribution is 0.0503. The smallest absolute Gasteiger partial charge is 0.337 e.